The summed E-state index contributed by atoms with van der Waals surface area (Å²) in [4.78, 5) is 4.40. The number of benzene rings is 1. The molecule has 2 aliphatic heterocycles. The van der Waals surface area contributed by atoms with Crippen LogP contribution in [0.4, 0.5) is 5.69 Å². The van der Waals surface area contributed by atoms with Crippen molar-refractivity contribution in [2.45, 2.75) is 52.2 Å². The van der Waals surface area contributed by atoms with Crippen LogP contribution in [0.2, 0.25) is 0 Å². The van der Waals surface area contributed by atoms with Crippen molar-refractivity contribution < 1.29 is 9.31 Å². The first-order valence-electron chi connectivity index (χ1n) is 7.02. The number of nitrogens with zero attached hydrogens (tertiary/aromatic N) is 1. The lowest BCUT2D eigenvalue weighted by Crippen LogP contribution is -2.41. The zero-order valence-electron chi connectivity index (χ0n) is 12.8. The van der Waals surface area contributed by atoms with Crippen molar-refractivity contribution in [2.75, 3.05) is 0 Å². The number of aliphatic imine (C=N–C) groups is 1. The van der Waals surface area contributed by atoms with Gasteiger partial charge in [-0.25, -0.2) is 4.99 Å². The molecule has 1 fully saturated rings. The molecule has 106 valence electrons. The highest BCUT2D eigenvalue weighted by Gasteiger charge is 2.51. The fourth-order valence-electron chi connectivity index (χ4n) is 2.65. The van der Waals surface area contributed by atoms with Gasteiger partial charge in [-0.2, -0.15) is 0 Å². The minimum Gasteiger partial charge on any atom is -0.399 e. The van der Waals surface area contributed by atoms with Crippen molar-refractivity contribution in [3.8, 4) is 0 Å². The summed E-state index contributed by atoms with van der Waals surface area (Å²) in [6, 6.07) is 4.15. The van der Waals surface area contributed by atoms with Crippen LogP contribution in [0.15, 0.2) is 17.1 Å². The molecular formula is C15H21BN2O2. The Morgan fingerprint density at radius 3 is 2.35 bits per heavy atom. The van der Waals surface area contributed by atoms with Crippen LogP contribution in [0.25, 0.3) is 0 Å². The first kappa shape index (κ1) is 13.6. The first-order chi connectivity index (χ1) is 9.19. The lowest BCUT2D eigenvalue weighted by Gasteiger charge is -2.32. The Morgan fingerprint density at radius 1 is 1.15 bits per heavy atom. The second-order valence-electron chi connectivity index (χ2n) is 6.70. The van der Waals surface area contributed by atoms with Crippen LogP contribution in [0.1, 0.15) is 38.8 Å². The molecule has 5 heteroatoms. The number of rotatable bonds is 1. The zero-order chi connectivity index (χ0) is 14.7. The minimum atomic E-state index is -0.346. The summed E-state index contributed by atoms with van der Waals surface area (Å²) in [5.74, 6) is 0.675. The van der Waals surface area contributed by atoms with Gasteiger partial charge in [-0.3, -0.25) is 0 Å². The van der Waals surface area contributed by atoms with Gasteiger partial charge in [-0.15, -0.1) is 0 Å². The Hall–Kier alpha value is -1.33. The SMILES string of the molecule is Cc1cc(B2OC(C)(C)C(C)(C)O2)cc2c1CC(N)=N2. The number of hydrogen-bond acceptors (Lipinski definition) is 4. The van der Waals surface area contributed by atoms with Crippen LogP contribution in [0.5, 0.6) is 0 Å². The van der Waals surface area contributed by atoms with Crippen LogP contribution in [-0.4, -0.2) is 24.2 Å². The Morgan fingerprint density at radius 2 is 1.75 bits per heavy atom. The van der Waals surface area contributed by atoms with E-state index in [1.54, 1.807) is 0 Å². The van der Waals surface area contributed by atoms with E-state index >= 15 is 0 Å². The van der Waals surface area contributed by atoms with Gasteiger partial charge in [0.2, 0.25) is 0 Å². The maximum Gasteiger partial charge on any atom is 0.494 e. The fourth-order valence-corrected chi connectivity index (χ4v) is 2.65. The maximum absolute atomic E-state index is 6.09. The zero-order valence-corrected chi connectivity index (χ0v) is 12.8. The topological polar surface area (TPSA) is 56.8 Å². The highest BCUT2D eigenvalue weighted by atomic mass is 16.7. The van der Waals surface area contributed by atoms with E-state index in [0.29, 0.717) is 5.84 Å². The Balaban J connectivity index is 1.98. The van der Waals surface area contributed by atoms with Gasteiger partial charge in [-0.05, 0) is 57.3 Å². The minimum absolute atomic E-state index is 0.327. The van der Waals surface area contributed by atoms with Crippen LogP contribution in [0, 0.1) is 6.92 Å². The van der Waals surface area contributed by atoms with Crippen LogP contribution in [-0.2, 0) is 15.7 Å². The largest absolute Gasteiger partial charge is 0.494 e. The van der Waals surface area contributed by atoms with Crippen molar-refractivity contribution in [3.05, 3.63) is 23.3 Å². The lowest BCUT2D eigenvalue weighted by molar-refractivity contribution is 0.00578. The molecule has 0 saturated carbocycles. The van der Waals surface area contributed by atoms with E-state index in [-0.39, 0.29) is 18.3 Å². The average Bonchev–Trinajstić information content (AvgIpc) is 2.77. The van der Waals surface area contributed by atoms with Crippen LogP contribution < -0.4 is 11.2 Å². The van der Waals surface area contributed by atoms with Gasteiger partial charge in [0, 0.05) is 6.42 Å². The molecule has 0 amide bonds. The predicted molar refractivity (Wildman–Crippen MR) is 81.9 cm³/mol. The van der Waals surface area contributed by atoms with E-state index in [1.165, 1.54) is 11.1 Å². The summed E-state index contributed by atoms with van der Waals surface area (Å²) in [7, 11) is -0.346. The van der Waals surface area contributed by atoms with E-state index in [0.717, 1.165) is 17.6 Å². The van der Waals surface area contributed by atoms with Gasteiger partial charge in [0.25, 0.3) is 0 Å². The molecule has 0 atom stereocenters. The molecule has 1 saturated heterocycles. The molecule has 2 aliphatic rings. The molecule has 0 aromatic heterocycles. The summed E-state index contributed by atoms with van der Waals surface area (Å²) in [6.45, 7) is 10.3. The van der Waals surface area contributed by atoms with E-state index in [4.69, 9.17) is 15.0 Å². The van der Waals surface area contributed by atoms with Crippen molar-refractivity contribution >= 4 is 24.1 Å². The molecule has 2 N–H and O–H groups in total. The second kappa shape index (κ2) is 4.09. The molecular weight excluding hydrogens is 251 g/mol. The number of hydrogen-bond donors (Lipinski definition) is 1. The van der Waals surface area contributed by atoms with Gasteiger partial charge in [-0.1, -0.05) is 6.07 Å². The van der Waals surface area contributed by atoms with Gasteiger partial charge < -0.3 is 15.0 Å². The average molecular weight is 272 g/mol. The highest BCUT2D eigenvalue weighted by molar-refractivity contribution is 6.62. The molecule has 1 aromatic rings. The van der Waals surface area contributed by atoms with Gasteiger partial charge in [0.15, 0.2) is 0 Å². The van der Waals surface area contributed by atoms with E-state index < -0.39 is 0 Å². The summed E-state index contributed by atoms with van der Waals surface area (Å²) in [5.41, 5.74) is 9.54. The predicted octanol–water partition coefficient (Wildman–Crippen LogP) is 1.84. The molecule has 0 radical (unpaired) electrons. The van der Waals surface area contributed by atoms with E-state index in [1.807, 2.05) is 6.07 Å². The number of amidine groups is 1. The van der Waals surface area contributed by atoms with Crippen LogP contribution >= 0.6 is 0 Å². The van der Waals surface area contributed by atoms with Crippen LogP contribution in [0.3, 0.4) is 0 Å². The maximum atomic E-state index is 6.09. The summed E-state index contributed by atoms with van der Waals surface area (Å²) in [5, 5.41) is 0. The normalized spacial score (nSPS) is 22.9. The lowest BCUT2D eigenvalue weighted by atomic mass is 9.77. The molecule has 2 heterocycles. The smallest absolute Gasteiger partial charge is 0.399 e. The molecule has 0 spiro atoms. The van der Waals surface area contributed by atoms with Crippen molar-refractivity contribution in [2.24, 2.45) is 10.7 Å². The van der Waals surface area contributed by atoms with Crippen molar-refractivity contribution in [1.82, 2.24) is 0 Å². The number of aryl methyl sites for hydroxylation is 1. The van der Waals surface area contributed by atoms with Crippen molar-refractivity contribution in [3.63, 3.8) is 0 Å². The molecule has 0 unspecified atom stereocenters. The number of nitrogens with two attached hydrogens (primary N) is 1. The molecule has 20 heavy (non-hydrogen) atoms. The monoisotopic (exact) mass is 272 g/mol. The van der Waals surface area contributed by atoms with Crippen molar-refractivity contribution in [1.29, 1.82) is 0 Å². The molecule has 4 nitrogen and oxygen atoms in total. The second-order valence-corrected chi connectivity index (χ2v) is 6.70. The summed E-state index contributed by atoms with van der Waals surface area (Å²) in [6.07, 6.45) is 0.741. The molecule has 3 rings (SSSR count). The third-order valence-corrected chi connectivity index (χ3v) is 4.62. The molecule has 0 aliphatic carbocycles. The fraction of sp³-hybridized carbons (Fsp3) is 0.533. The van der Waals surface area contributed by atoms with Gasteiger partial charge in [0.05, 0.1) is 16.9 Å². The number of fused-ring (bicyclic) bond motifs is 1. The van der Waals surface area contributed by atoms with Gasteiger partial charge in [0.1, 0.15) is 5.84 Å². The highest BCUT2D eigenvalue weighted by Crippen LogP contribution is 2.37. The Bertz CT molecular complexity index is 592. The standard InChI is InChI=1S/C15H21BN2O2/c1-9-6-10(7-12-11(9)8-13(17)18-12)16-19-14(2,3)15(4,5)20-16/h6-7H,8H2,1-5H3,(H2,17,18). The van der Waals surface area contributed by atoms with E-state index in [9.17, 15) is 0 Å². The quantitative estimate of drug-likeness (QED) is 0.793. The molecule has 1 aromatic carbocycles. The summed E-state index contributed by atoms with van der Waals surface area (Å²) >= 11 is 0. The van der Waals surface area contributed by atoms with Gasteiger partial charge >= 0.3 is 7.12 Å². The third kappa shape index (κ3) is 1.96. The van der Waals surface area contributed by atoms with E-state index in [2.05, 4.69) is 45.7 Å². The Labute approximate surface area is 120 Å². The Kier molecular flexibility index (Phi) is 2.79. The molecule has 0 bridgehead atoms. The first-order valence-corrected chi connectivity index (χ1v) is 7.02. The summed E-state index contributed by atoms with van der Waals surface area (Å²) < 4.78 is 12.2. The third-order valence-electron chi connectivity index (χ3n) is 4.62.